The molecular formula is C51H59ClN8O7S. The van der Waals surface area contributed by atoms with Crippen LogP contribution >= 0.6 is 11.6 Å². The van der Waals surface area contributed by atoms with Crippen LogP contribution in [-0.4, -0.2) is 97.2 Å². The van der Waals surface area contributed by atoms with Crippen molar-refractivity contribution in [2.45, 2.75) is 76.2 Å². The first-order valence-electron chi connectivity index (χ1n) is 23.8. The molecule has 15 nitrogen and oxygen atoms in total. The van der Waals surface area contributed by atoms with Crippen LogP contribution in [0, 0.1) is 33.3 Å². The highest BCUT2D eigenvalue weighted by atomic mass is 35.5. The lowest BCUT2D eigenvalue weighted by Gasteiger charge is -2.55. The van der Waals surface area contributed by atoms with Crippen molar-refractivity contribution in [2.75, 3.05) is 67.5 Å². The zero-order chi connectivity index (χ0) is 47.5. The number of halogens is 1. The smallest absolute Gasteiger partial charge is 0.293 e. The Balaban J connectivity index is 0.907. The molecule has 17 heteroatoms. The molecule has 2 bridgehead atoms. The van der Waals surface area contributed by atoms with Crippen LogP contribution in [0.1, 0.15) is 81.6 Å². The van der Waals surface area contributed by atoms with E-state index >= 15 is 0 Å². The largest absolute Gasteiger partial charge is 0.476 e. The van der Waals surface area contributed by atoms with E-state index < -0.39 is 37.0 Å². The Morgan fingerprint density at radius 1 is 0.985 bits per heavy atom. The van der Waals surface area contributed by atoms with Gasteiger partial charge in [-0.3, -0.25) is 19.8 Å². The van der Waals surface area contributed by atoms with E-state index in [0.29, 0.717) is 73.7 Å². The summed E-state index contributed by atoms with van der Waals surface area (Å²) in [6, 6.07) is 21.2. The molecule has 3 aromatic carbocycles. The van der Waals surface area contributed by atoms with Crippen molar-refractivity contribution in [3.8, 4) is 5.88 Å². The summed E-state index contributed by atoms with van der Waals surface area (Å²) in [6.07, 6.45) is 8.00. The fraction of sp³-hybridized carbons (Fsp3) is 0.451. The lowest BCUT2D eigenvalue weighted by molar-refractivity contribution is -0.384. The summed E-state index contributed by atoms with van der Waals surface area (Å²) in [6.45, 7) is 11.9. The van der Waals surface area contributed by atoms with E-state index in [1.54, 1.807) is 12.3 Å². The number of carbonyl (C=O) groups excluding carboxylic acids is 1. The van der Waals surface area contributed by atoms with Gasteiger partial charge in [0.05, 0.1) is 33.3 Å². The van der Waals surface area contributed by atoms with Crippen LogP contribution in [0.15, 0.2) is 89.5 Å². The maximum absolute atomic E-state index is 14.5. The van der Waals surface area contributed by atoms with Crippen molar-refractivity contribution < 1.29 is 28.0 Å². The SMILES string of the molecule is CC1(C)CCC(CN2CCN(c3ccc(C(=O)NS(=O)(=O)c4ccc(NCC5C6CC5CC(C)(O)C6)c([N+](=O)[O-])c4)c(N4CCCOc5nc6[nH]ccc6cc54)c3)CC2)=C(c2ccc(Cl)cc2)C1. The molecule has 2 aromatic heterocycles. The molecule has 5 aliphatic rings. The number of nitrogens with zero attached hydrogens (tertiary/aromatic N) is 5. The Morgan fingerprint density at radius 3 is 2.50 bits per heavy atom. The third-order valence-electron chi connectivity index (χ3n) is 15.0. The molecule has 3 fully saturated rings. The van der Waals surface area contributed by atoms with Crippen LogP contribution in [0.3, 0.4) is 0 Å². The number of nitro benzene ring substituents is 1. The number of ether oxygens (including phenoxy) is 1. The number of carbonyl (C=O) groups is 1. The Hall–Kier alpha value is -5.68. The molecule has 0 radical (unpaired) electrons. The van der Waals surface area contributed by atoms with E-state index in [9.17, 15) is 28.4 Å². The number of aromatic nitrogens is 2. The number of rotatable bonds is 12. The Bertz CT molecular complexity index is 2900. The van der Waals surface area contributed by atoms with Gasteiger partial charge >= 0.3 is 0 Å². The number of aromatic amines is 1. The molecule has 1 amide bonds. The topological polar surface area (TPSA) is 186 Å². The minimum atomic E-state index is -4.59. The number of pyridine rings is 1. The number of amides is 1. The number of fused-ring (bicyclic) bond motifs is 4. The summed E-state index contributed by atoms with van der Waals surface area (Å²) >= 11 is 6.28. The molecule has 2 unspecified atom stereocenters. The lowest BCUT2D eigenvalue weighted by Crippen LogP contribution is -2.53. The molecule has 1 saturated heterocycles. The molecule has 68 heavy (non-hydrogen) atoms. The normalized spacial score (nSPS) is 23.9. The first-order valence-corrected chi connectivity index (χ1v) is 25.6. The van der Waals surface area contributed by atoms with Crippen molar-refractivity contribution >= 4 is 72.6 Å². The quantitative estimate of drug-likeness (QED) is 0.0688. The number of nitro groups is 1. The zero-order valence-corrected chi connectivity index (χ0v) is 40.3. The van der Waals surface area contributed by atoms with E-state index in [4.69, 9.17) is 21.3 Å². The number of benzene rings is 3. The van der Waals surface area contributed by atoms with Crippen LogP contribution in [0.25, 0.3) is 16.6 Å². The third-order valence-corrected chi connectivity index (χ3v) is 16.6. The van der Waals surface area contributed by atoms with Gasteiger partial charge < -0.3 is 29.9 Å². The number of sulfonamides is 1. The molecule has 0 spiro atoms. The number of allylic oxidation sites excluding steroid dienone is 1. The number of hydrogen-bond acceptors (Lipinski definition) is 12. The Labute approximate surface area is 402 Å². The van der Waals surface area contributed by atoms with Crippen molar-refractivity contribution in [1.29, 1.82) is 0 Å². The standard InChI is InChI=1S/C51H59ClN8O7S/c1-50(2)15-13-34(41(29-50)32-5-7-37(52)8-6-32)31-57-18-20-58(21-19-57)38-9-11-40(44(25-38)59-17-4-22-67-49-46(59)24-33-14-16-53-47(33)55-49)48(61)56-68(65,66)39-10-12-43(45(26-39)60(63)64)54-30-42-35-23-36(42)28-51(3,62)27-35/h5-12,14,16,24-26,35-36,42,54,62H,4,13,15,17-23,27-31H2,1-3H3,(H,53,55)(H,56,61). The highest BCUT2D eigenvalue weighted by Gasteiger charge is 2.50. The first-order chi connectivity index (χ1) is 32.5. The number of nitrogens with one attached hydrogen (secondary N) is 3. The Kier molecular flexibility index (Phi) is 12.2. The van der Waals surface area contributed by atoms with Gasteiger partial charge in [0.15, 0.2) is 0 Å². The number of piperazine rings is 1. The predicted molar refractivity (Wildman–Crippen MR) is 265 cm³/mol. The van der Waals surface area contributed by atoms with Crippen LogP contribution in [0.2, 0.25) is 5.02 Å². The van der Waals surface area contributed by atoms with Crippen LogP contribution in [-0.2, 0) is 10.0 Å². The summed E-state index contributed by atoms with van der Waals surface area (Å²) in [5.41, 5.74) is 6.22. The van der Waals surface area contributed by atoms with Gasteiger partial charge in [-0.25, -0.2) is 13.1 Å². The van der Waals surface area contributed by atoms with Gasteiger partial charge in [-0.2, -0.15) is 4.98 Å². The van der Waals surface area contributed by atoms with Gasteiger partial charge in [0.1, 0.15) is 17.0 Å². The van der Waals surface area contributed by atoms with Crippen molar-refractivity contribution in [3.05, 3.63) is 111 Å². The van der Waals surface area contributed by atoms with Crippen molar-refractivity contribution in [3.63, 3.8) is 0 Å². The van der Waals surface area contributed by atoms with E-state index in [1.807, 2.05) is 48.2 Å². The average Bonchev–Trinajstić information content (AvgIpc) is 3.66. The van der Waals surface area contributed by atoms with Crippen LogP contribution < -0.4 is 24.6 Å². The molecule has 2 aliphatic heterocycles. The van der Waals surface area contributed by atoms with Crippen molar-refractivity contribution in [1.82, 2.24) is 19.6 Å². The van der Waals surface area contributed by atoms with Gasteiger partial charge in [-0.15, -0.1) is 0 Å². The molecule has 5 aromatic rings. The zero-order valence-electron chi connectivity index (χ0n) is 38.8. The monoisotopic (exact) mass is 962 g/mol. The second kappa shape index (κ2) is 18.0. The molecular weight excluding hydrogens is 904 g/mol. The van der Waals surface area contributed by atoms with Crippen LogP contribution in [0.5, 0.6) is 5.88 Å². The average molecular weight is 964 g/mol. The van der Waals surface area contributed by atoms with Crippen LogP contribution in [0.4, 0.5) is 28.4 Å². The fourth-order valence-corrected chi connectivity index (χ4v) is 12.5. The predicted octanol–water partition coefficient (Wildman–Crippen LogP) is 9.16. The minimum absolute atomic E-state index is 0.109. The molecule has 2 saturated carbocycles. The number of hydrogen-bond donors (Lipinski definition) is 4. The highest BCUT2D eigenvalue weighted by molar-refractivity contribution is 7.90. The molecule has 358 valence electrons. The van der Waals surface area contributed by atoms with E-state index in [-0.39, 0.29) is 22.6 Å². The van der Waals surface area contributed by atoms with Gasteiger partial charge in [-0.1, -0.05) is 43.2 Å². The lowest BCUT2D eigenvalue weighted by atomic mass is 9.53. The fourth-order valence-electron chi connectivity index (χ4n) is 11.4. The van der Waals surface area contributed by atoms with E-state index in [2.05, 4.69) is 50.8 Å². The second-order valence-corrected chi connectivity index (χ2v) is 22.7. The minimum Gasteiger partial charge on any atom is -0.476 e. The van der Waals surface area contributed by atoms with Crippen molar-refractivity contribution in [2.24, 2.45) is 23.2 Å². The summed E-state index contributed by atoms with van der Waals surface area (Å²) in [5, 5.41) is 27.7. The van der Waals surface area contributed by atoms with E-state index in [1.165, 1.54) is 28.8 Å². The number of H-pyrrole nitrogens is 1. The molecule has 3 aliphatic carbocycles. The molecule has 2 atom stereocenters. The summed E-state index contributed by atoms with van der Waals surface area (Å²) < 4.78 is 36.5. The van der Waals surface area contributed by atoms with Gasteiger partial charge in [0, 0.05) is 74.2 Å². The summed E-state index contributed by atoms with van der Waals surface area (Å²) in [5.74, 6) is 0.433. The number of anilines is 4. The Morgan fingerprint density at radius 2 is 1.75 bits per heavy atom. The first kappa shape index (κ1) is 46.1. The van der Waals surface area contributed by atoms with Gasteiger partial charge in [-0.05, 0) is 141 Å². The maximum Gasteiger partial charge on any atom is 0.293 e. The molecule has 4 N–H and O–H groups in total. The summed E-state index contributed by atoms with van der Waals surface area (Å²) in [7, 11) is -4.59. The summed E-state index contributed by atoms with van der Waals surface area (Å²) in [4.78, 5) is 40.5. The van der Waals surface area contributed by atoms with Gasteiger partial charge in [0.2, 0.25) is 5.88 Å². The number of aliphatic hydroxyl groups is 1. The molecule has 10 rings (SSSR count). The van der Waals surface area contributed by atoms with E-state index in [0.717, 1.165) is 80.6 Å². The third kappa shape index (κ3) is 9.39. The van der Waals surface area contributed by atoms with Gasteiger partial charge in [0.25, 0.3) is 21.6 Å². The second-order valence-electron chi connectivity index (χ2n) is 20.6. The highest BCUT2D eigenvalue weighted by Crippen LogP contribution is 2.54. The molecule has 4 heterocycles. The maximum atomic E-state index is 14.5.